The molecule has 20 heavy (non-hydrogen) atoms. The smallest absolute Gasteiger partial charge is 0.183 e. The monoisotopic (exact) mass is 297 g/mol. The van der Waals surface area contributed by atoms with Gasteiger partial charge in [-0.25, -0.2) is 4.98 Å². The summed E-state index contributed by atoms with van der Waals surface area (Å²) in [7, 11) is 4.22. The van der Waals surface area contributed by atoms with Crippen molar-refractivity contribution < 1.29 is 0 Å². The number of hydrogen-bond donors (Lipinski definition) is 1. The quantitative estimate of drug-likeness (QED) is 0.829. The first-order valence-corrected chi connectivity index (χ1v) is 8.24. The van der Waals surface area contributed by atoms with Crippen LogP contribution >= 0.6 is 11.3 Å². The van der Waals surface area contributed by atoms with Crippen molar-refractivity contribution in [3.8, 4) is 0 Å². The van der Waals surface area contributed by atoms with Gasteiger partial charge in [0.25, 0.3) is 0 Å². The molecule has 116 valence electrons. The molecule has 3 nitrogen and oxygen atoms in total. The predicted octanol–water partition coefficient (Wildman–Crippen LogP) is 4.10. The number of thiazole rings is 1. The molecule has 0 saturated heterocycles. The maximum Gasteiger partial charge on any atom is 0.183 e. The molecule has 1 N–H and O–H groups in total. The van der Waals surface area contributed by atoms with Gasteiger partial charge >= 0.3 is 0 Å². The number of aromatic nitrogens is 1. The second kappa shape index (κ2) is 6.44. The lowest BCUT2D eigenvalue weighted by Gasteiger charge is -2.24. The maximum atomic E-state index is 4.86. The van der Waals surface area contributed by atoms with E-state index in [1.165, 1.54) is 10.6 Å². The van der Waals surface area contributed by atoms with Crippen LogP contribution in [-0.2, 0) is 10.8 Å². The molecule has 1 heterocycles. The van der Waals surface area contributed by atoms with Gasteiger partial charge in [-0.2, -0.15) is 0 Å². The van der Waals surface area contributed by atoms with E-state index in [9.17, 15) is 0 Å². The van der Waals surface area contributed by atoms with E-state index in [2.05, 4.69) is 65.9 Å². The highest BCUT2D eigenvalue weighted by atomic mass is 32.1. The molecule has 1 aromatic rings. The summed E-state index contributed by atoms with van der Waals surface area (Å²) in [5.41, 5.74) is 1.50. The van der Waals surface area contributed by atoms with Crippen molar-refractivity contribution in [1.82, 2.24) is 9.88 Å². The summed E-state index contributed by atoms with van der Waals surface area (Å²) in [5.74, 6) is 0. The van der Waals surface area contributed by atoms with Crippen molar-refractivity contribution in [3.63, 3.8) is 0 Å². The van der Waals surface area contributed by atoms with Crippen molar-refractivity contribution in [2.24, 2.45) is 0 Å². The molecular weight excluding hydrogens is 266 g/mol. The van der Waals surface area contributed by atoms with Gasteiger partial charge in [-0.15, -0.1) is 11.3 Å². The Bertz CT molecular complexity index is 390. The summed E-state index contributed by atoms with van der Waals surface area (Å²) in [6.07, 6.45) is 1.14. The molecule has 0 atom stereocenters. The lowest BCUT2D eigenvalue weighted by atomic mass is 9.84. The normalized spacial score (nSPS) is 13.1. The van der Waals surface area contributed by atoms with Gasteiger partial charge in [0.2, 0.25) is 0 Å². The highest BCUT2D eigenvalue weighted by molar-refractivity contribution is 7.15. The molecule has 4 heteroatoms. The average Bonchev–Trinajstić information content (AvgIpc) is 2.67. The zero-order valence-electron chi connectivity index (χ0n) is 14.4. The summed E-state index contributed by atoms with van der Waals surface area (Å²) in [4.78, 5) is 8.47. The van der Waals surface area contributed by atoms with Crippen LogP contribution in [0, 0.1) is 0 Å². The Balaban J connectivity index is 2.82. The standard InChI is InChI=1S/C16H31N3S/c1-15(2,3)12-13(16(4,5)6)20-14(18-12)17-10-9-11-19(7)8/h9-11H2,1-8H3,(H,17,18). The Hall–Kier alpha value is -0.610. The zero-order valence-corrected chi connectivity index (χ0v) is 15.2. The average molecular weight is 298 g/mol. The van der Waals surface area contributed by atoms with Crippen molar-refractivity contribution >= 4 is 16.5 Å². The molecule has 0 bridgehead atoms. The predicted molar refractivity (Wildman–Crippen MR) is 91.2 cm³/mol. The van der Waals surface area contributed by atoms with Gasteiger partial charge in [0, 0.05) is 16.8 Å². The summed E-state index contributed by atoms with van der Waals surface area (Å²) >= 11 is 1.82. The van der Waals surface area contributed by atoms with E-state index in [0.29, 0.717) is 0 Å². The van der Waals surface area contributed by atoms with E-state index in [0.717, 1.165) is 24.6 Å². The molecule has 1 rings (SSSR count). The zero-order chi connectivity index (χ0) is 15.6. The second-order valence-electron chi connectivity index (χ2n) is 7.78. The van der Waals surface area contributed by atoms with Crippen LogP contribution in [0.4, 0.5) is 5.13 Å². The molecule has 0 aliphatic heterocycles. The molecule has 0 amide bonds. The molecule has 0 aromatic carbocycles. The Morgan fingerprint density at radius 3 is 2.05 bits per heavy atom. The topological polar surface area (TPSA) is 28.2 Å². The minimum atomic E-state index is 0.0999. The molecule has 0 unspecified atom stereocenters. The largest absolute Gasteiger partial charge is 0.361 e. The molecule has 0 spiro atoms. The number of anilines is 1. The van der Waals surface area contributed by atoms with Crippen LogP contribution in [0.25, 0.3) is 0 Å². The van der Waals surface area contributed by atoms with Gasteiger partial charge in [-0.05, 0) is 32.5 Å². The first-order chi connectivity index (χ1) is 9.01. The van der Waals surface area contributed by atoms with E-state index in [1.54, 1.807) is 0 Å². The number of rotatable bonds is 5. The SMILES string of the molecule is CN(C)CCCNc1nc(C(C)(C)C)c(C(C)(C)C)s1. The fourth-order valence-electron chi connectivity index (χ4n) is 2.00. The number of nitrogens with one attached hydrogen (secondary N) is 1. The summed E-state index contributed by atoms with van der Waals surface area (Å²) in [5, 5.41) is 4.55. The van der Waals surface area contributed by atoms with Gasteiger partial charge in [-0.3, -0.25) is 0 Å². The Morgan fingerprint density at radius 1 is 1.05 bits per heavy atom. The summed E-state index contributed by atoms with van der Waals surface area (Å²) < 4.78 is 0. The van der Waals surface area contributed by atoms with Crippen molar-refractivity contribution in [1.29, 1.82) is 0 Å². The molecular formula is C16H31N3S. The maximum absolute atomic E-state index is 4.86. The Kier molecular flexibility index (Phi) is 5.61. The van der Waals surface area contributed by atoms with E-state index in [-0.39, 0.29) is 10.8 Å². The minimum Gasteiger partial charge on any atom is -0.361 e. The van der Waals surface area contributed by atoms with Gasteiger partial charge in [-0.1, -0.05) is 41.5 Å². The van der Waals surface area contributed by atoms with E-state index in [4.69, 9.17) is 4.98 Å². The van der Waals surface area contributed by atoms with Crippen molar-refractivity contribution in [3.05, 3.63) is 10.6 Å². The lowest BCUT2D eigenvalue weighted by Crippen LogP contribution is -2.20. The minimum absolute atomic E-state index is 0.0999. The summed E-state index contributed by atoms with van der Waals surface area (Å²) in [6, 6.07) is 0. The van der Waals surface area contributed by atoms with E-state index in [1.807, 2.05) is 11.3 Å². The number of nitrogens with zero attached hydrogens (tertiary/aromatic N) is 2. The van der Waals surface area contributed by atoms with E-state index >= 15 is 0 Å². The van der Waals surface area contributed by atoms with Gasteiger partial charge in [0.15, 0.2) is 5.13 Å². The fourth-order valence-corrected chi connectivity index (χ4v) is 3.26. The Morgan fingerprint density at radius 2 is 1.65 bits per heavy atom. The van der Waals surface area contributed by atoms with Crippen LogP contribution in [0.15, 0.2) is 0 Å². The molecule has 1 aromatic heterocycles. The number of hydrogen-bond acceptors (Lipinski definition) is 4. The molecule has 0 radical (unpaired) electrons. The van der Waals surface area contributed by atoms with Crippen molar-refractivity contribution in [2.45, 2.75) is 58.8 Å². The molecule has 0 fully saturated rings. The Labute approximate surface area is 128 Å². The second-order valence-corrected chi connectivity index (χ2v) is 8.78. The van der Waals surface area contributed by atoms with Crippen LogP contribution in [0.5, 0.6) is 0 Å². The highest BCUT2D eigenvalue weighted by Gasteiger charge is 2.29. The molecule has 0 saturated carbocycles. The third kappa shape index (κ3) is 5.06. The first kappa shape index (κ1) is 17.4. The van der Waals surface area contributed by atoms with Crippen LogP contribution in [-0.4, -0.2) is 37.1 Å². The van der Waals surface area contributed by atoms with Crippen LogP contribution in [0.1, 0.15) is 58.5 Å². The van der Waals surface area contributed by atoms with Crippen molar-refractivity contribution in [2.75, 3.05) is 32.5 Å². The molecule has 0 aliphatic rings. The van der Waals surface area contributed by atoms with Gasteiger partial charge < -0.3 is 10.2 Å². The van der Waals surface area contributed by atoms with Gasteiger partial charge in [0.1, 0.15) is 0 Å². The fraction of sp³-hybridized carbons (Fsp3) is 0.812. The highest BCUT2D eigenvalue weighted by Crippen LogP contribution is 2.39. The third-order valence-corrected chi connectivity index (χ3v) is 4.52. The molecule has 0 aliphatic carbocycles. The summed E-state index contributed by atoms with van der Waals surface area (Å²) in [6.45, 7) is 15.6. The third-order valence-electron chi connectivity index (χ3n) is 3.08. The van der Waals surface area contributed by atoms with Crippen LogP contribution in [0.2, 0.25) is 0 Å². The van der Waals surface area contributed by atoms with E-state index < -0.39 is 0 Å². The van der Waals surface area contributed by atoms with Crippen LogP contribution in [0.3, 0.4) is 0 Å². The first-order valence-electron chi connectivity index (χ1n) is 7.42. The van der Waals surface area contributed by atoms with Gasteiger partial charge in [0.05, 0.1) is 5.69 Å². The lowest BCUT2D eigenvalue weighted by molar-refractivity contribution is 0.405. The van der Waals surface area contributed by atoms with Crippen LogP contribution < -0.4 is 5.32 Å².